The molecule has 0 amide bonds. The zero-order chi connectivity index (χ0) is 61.8. The van der Waals surface area contributed by atoms with Gasteiger partial charge in [-0.3, -0.25) is 13.7 Å². The van der Waals surface area contributed by atoms with E-state index in [1.807, 2.05) is 213 Å². The van der Waals surface area contributed by atoms with Crippen molar-refractivity contribution in [3.63, 3.8) is 0 Å². The van der Waals surface area contributed by atoms with Gasteiger partial charge in [0, 0.05) is 0 Å². The molecule has 0 aliphatic rings. The Balaban J connectivity index is -0.000000184. The molecule has 6 aromatic carbocycles. The van der Waals surface area contributed by atoms with E-state index in [9.17, 15) is 25.3 Å². The van der Waals surface area contributed by atoms with Gasteiger partial charge in [-0.1, -0.05) is 227 Å². The second kappa shape index (κ2) is 53.7. The van der Waals surface area contributed by atoms with Crippen LogP contribution >= 0.6 is 34.0 Å². The van der Waals surface area contributed by atoms with Crippen molar-refractivity contribution in [3.05, 3.63) is 196 Å². The van der Waals surface area contributed by atoms with Crippen LogP contribution in [-0.2, 0) is 30.4 Å². The van der Waals surface area contributed by atoms with E-state index in [0.717, 1.165) is 31.6 Å². The predicted octanol–water partition coefficient (Wildman–Crippen LogP) is 18.5. The van der Waals surface area contributed by atoms with E-state index in [4.69, 9.17) is 13.7 Å². The average molecular weight is 1190 g/mol. The Kier molecular flexibility index (Phi) is 57.9. The van der Waals surface area contributed by atoms with Gasteiger partial charge >= 0.3 is 0 Å². The number of rotatable bonds is 0. The molecule has 9 rings (SSSR count). The van der Waals surface area contributed by atoms with E-state index in [1.54, 1.807) is 34.0 Å². The van der Waals surface area contributed by atoms with Crippen LogP contribution in [0.5, 0.6) is 0 Å². The summed E-state index contributed by atoms with van der Waals surface area (Å²) in [7, 11) is -11.0. The third-order valence-corrected chi connectivity index (χ3v) is 9.88. The van der Waals surface area contributed by atoms with Crippen LogP contribution in [-0.4, -0.2) is 72.6 Å². The standard InChI is InChI=1S/3C8H7NS.3C7H8.6C2H6.3CH4O3S/c3*1-6-9-7-4-2-3-5-8(7)10-6;3*1-7-5-3-2-4-6-7;6*1-2;3*1-5(2,3)4/h3*2-5H,1H3;3*2-6H,1H3;6*1-2H3;3*1H3,(H,2,3,4). The third-order valence-electron chi connectivity index (χ3n) is 7.02. The largest absolute Gasteiger partial charge is 0.286 e. The summed E-state index contributed by atoms with van der Waals surface area (Å²) in [5, 5.41) is 3.42. The Bertz CT molecular complexity index is 2600. The van der Waals surface area contributed by atoms with Crippen LogP contribution in [0, 0.1) is 41.5 Å². The number of aromatic nitrogens is 3. The molecule has 0 radical (unpaired) electrons. The lowest BCUT2D eigenvalue weighted by molar-refractivity contribution is 0.488. The first kappa shape index (κ1) is 84.0. The molecule has 0 saturated heterocycles. The molecule has 0 fully saturated rings. The van der Waals surface area contributed by atoms with Gasteiger partial charge in [0.2, 0.25) is 0 Å². The lowest BCUT2D eigenvalue weighted by atomic mass is 10.2. The fourth-order valence-corrected chi connectivity index (χ4v) is 7.05. The minimum Gasteiger partial charge on any atom is -0.286 e. The van der Waals surface area contributed by atoms with E-state index in [0.29, 0.717) is 18.8 Å². The lowest BCUT2D eigenvalue weighted by Gasteiger charge is -1.82. The number of thiazole rings is 3. The molecule has 0 spiro atoms. The molecular formula is C60H93N3O9S6. The lowest BCUT2D eigenvalue weighted by Crippen LogP contribution is -1.88. The summed E-state index contributed by atoms with van der Waals surface area (Å²) in [6, 6.07) is 55.4. The number of para-hydroxylation sites is 3. The van der Waals surface area contributed by atoms with Crippen molar-refractivity contribution in [1.29, 1.82) is 0 Å². The van der Waals surface area contributed by atoms with Crippen LogP contribution in [0.2, 0.25) is 0 Å². The number of hydrogen-bond acceptors (Lipinski definition) is 12. The molecule has 0 unspecified atom stereocenters. The summed E-state index contributed by atoms with van der Waals surface area (Å²) in [4.78, 5) is 13.0. The van der Waals surface area contributed by atoms with Crippen molar-refractivity contribution >= 4 is 95.0 Å². The minimum atomic E-state index is -3.67. The van der Waals surface area contributed by atoms with E-state index < -0.39 is 30.4 Å². The summed E-state index contributed by atoms with van der Waals surface area (Å²) in [6.45, 7) is 36.3. The summed E-state index contributed by atoms with van der Waals surface area (Å²) >= 11 is 5.22. The molecule has 0 atom stereocenters. The van der Waals surface area contributed by atoms with Gasteiger partial charge < -0.3 is 0 Å². The van der Waals surface area contributed by atoms with E-state index in [2.05, 4.69) is 90.3 Å². The highest BCUT2D eigenvalue weighted by Crippen LogP contribution is 2.21. The van der Waals surface area contributed by atoms with E-state index in [-0.39, 0.29) is 0 Å². The molecule has 3 heterocycles. The maximum Gasteiger partial charge on any atom is 0.261 e. The van der Waals surface area contributed by atoms with Crippen LogP contribution in [0.1, 0.15) is 115 Å². The maximum atomic E-state index is 9.19. The highest BCUT2D eigenvalue weighted by molar-refractivity contribution is 7.85. The first-order valence-electron chi connectivity index (χ1n) is 25.6. The van der Waals surface area contributed by atoms with Crippen molar-refractivity contribution in [2.45, 2.75) is 125 Å². The van der Waals surface area contributed by atoms with Crippen LogP contribution in [0.3, 0.4) is 0 Å². The zero-order valence-corrected chi connectivity index (χ0v) is 55.1. The molecule has 78 heavy (non-hydrogen) atoms. The maximum absolute atomic E-state index is 9.19. The molecular weight excluding hydrogens is 1100 g/mol. The first-order chi connectivity index (χ1) is 36.8. The van der Waals surface area contributed by atoms with Gasteiger partial charge in [0.15, 0.2) is 0 Å². The van der Waals surface area contributed by atoms with Gasteiger partial charge in [-0.15, -0.1) is 34.0 Å². The van der Waals surface area contributed by atoms with Gasteiger partial charge in [0.1, 0.15) is 0 Å². The second-order valence-corrected chi connectivity index (χ2v) is 21.9. The summed E-state index contributed by atoms with van der Waals surface area (Å²) < 4.78 is 81.4. The van der Waals surface area contributed by atoms with E-state index >= 15 is 0 Å². The van der Waals surface area contributed by atoms with Crippen LogP contribution in [0.25, 0.3) is 30.6 Å². The van der Waals surface area contributed by atoms with Crippen molar-refractivity contribution < 1.29 is 38.9 Å². The number of fused-ring (bicyclic) bond motifs is 3. The fraction of sp³-hybridized carbons (Fsp3) is 0.350. The highest BCUT2D eigenvalue weighted by atomic mass is 32.2. The molecule has 18 heteroatoms. The van der Waals surface area contributed by atoms with Gasteiger partial charge in [-0.25, -0.2) is 15.0 Å². The molecule has 0 saturated carbocycles. The normalized spacial score (nSPS) is 9.08. The number of nitrogens with zero attached hydrogens (tertiary/aromatic N) is 3. The molecule has 12 nitrogen and oxygen atoms in total. The van der Waals surface area contributed by atoms with Gasteiger partial charge in [0.05, 0.1) is 64.4 Å². The first-order valence-corrected chi connectivity index (χ1v) is 33.5. The quantitative estimate of drug-likeness (QED) is 0.121. The summed E-state index contributed by atoms with van der Waals surface area (Å²) in [5.41, 5.74) is 7.31. The number of aryl methyl sites for hydroxylation is 6. The van der Waals surface area contributed by atoms with Gasteiger partial charge in [0.25, 0.3) is 30.4 Å². The molecule has 0 aliphatic carbocycles. The summed E-state index contributed by atoms with van der Waals surface area (Å²) in [5.74, 6) is 0. The van der Waals surface area contributed by atoms with Crippen LogP contribution in [0.15, 0.2) is 164 Å². The third kappa shape index (κ3) is 60.0. The van der Waals surface area contributed by atoms with Crippen molar-refractivity contribution in [2.75, 3.05) is 18.8 Å². The Hall–Kier alpha value is -5.28. The zero-order valence-electron chi connectivity index (χ0n) is 50.2. The second-order valence-electron chi connectivity index (χ2n) is 13.8. The van der Waals surface area contributed by atoms with E-state index in [1.165, 1.54) is 30.8 Å². The van der Waals surface area contributed by atoms with Crippen molar-refractivity contribution in [3.8, 4) is 0 Å². The van der Waals surface area contributed by atoms with Crippen molar-refractivity contribution in [2.24, 2.45) is 0 Å². The van der Waals surface area contributed by atoms with Crippen LogP contribution in [0.4, 0.5) is 0 Å². The average Bonchev–Trinajstić information content (AvgIpc) is 4.11. The molecule has 3 aromatic heterocycles. The Morgan fingerprint density at radius 1 is 0.282 bits per heavy atom. The monoisotopic (exact) mass is 1190 g/mol. The smallest absolute Gasteiger partial charge is 0.261 e. The SMILES string of the molecule is CC.CC.CC.CC.CC.CC.CS(=O)(=O)O.CS(=O)(=O)O.CS(=O)(=O)O.Cc1ccccc1.Cc1ccccc1.Cc1ccccc1.Cc1nc2ccccc2s1.Cc1nc2ccccc2s1.Cc1nc2ccccc2s1. The molecule has 0 aliphatic heterocycles. The predicted molar refractivity (Wildman–Crippen MR) is 347 cm³/mol. The van der Waals surface area contributed by atoms with Crippen molar-refractivity contribution in [1.82, 2.24) is 15.0 Å². The topological polar surface area (TPSA) is 202 Å². The Morgan fingerprint density at radius 2 is 0.423 bits per heavy atom. The molecule has 0 bridgehead atoms. The Labute approximate surface area is 484 Å². The van der Waals surface area contributed by atoms with Gasteiger partial charge in [-0.2, -0.15) is 25.3 Å². The number of benzene rings is 6. The van der Waals surface area contributed by atoms with Gasteiger partial charge in [-0.05, 0) is 77.9 Å². The molecule has 3 N–H and O–H groups in total. The number of hydrogen-bond donors (Lipinski definition) is 3. The molecule has 438 valence electrons. The Morgan fingerprint density at radius 3 is 0.551 bits per heavy atom. The minimum absolute atomic E-state index is 0.715. The highest BCUT2D eigenvalue weighted by Gasteiger charge is 1.97. The molecule has 9 aromatic rings. The fourth-order valence-electron chi connectivity index (χ4n) is 4.57. The van der Waals surface area contributed by atoms with Crippen LogP contribution < -0.4 is 0 Å². The summed E-state index contributed by atoms with van der Waals surface area (Å²) in [6.07, 6.45) is 2.15.